The molecule has 2 bridgehead atoms. The Morgan fingerprint density at radius 3 is 2.74 bits per heavy atom. The maximum absolute atomic E-state index is 12.4. The predicted octanol–water partition coefficient (Wildman–Crippen LogP) is 1.54. The number of ether oxygens (including phenoxy) is 3. The number of allylic oxidation sites excluding steroid dienone is 1. The zero-order chi connectivity index (χ0) is 20.1. The Balaban J connectivity index is 2.07. The Hall–Kier alpha value is -1.96. The van der Waals surface area contributed by atoms with Gasteiger partial charge in [-0.2, -0.15) is 0 Å². The molecule has 27 heavy (non-hydrogen) atoms. The third-order valence-electron chi connectivity index (χ3n) is 5.89. The second-order valence-electron chi connectivity index (χ2n) is 7.81. The Morgan fingerprint density at radius 2 is 2.11 bits per heavy atom. The molecule has 0 amide bonds. The summed E-state index contributed by atoms with van der Waals surface area (Å²) in [5, 5.41) is 21.4. The fourth-order valence-corrected chi connectivity index (χ4v) is 3.94. The average molecular weight is 378 g/mol. The lowest BCUT2D eigenvalue weighted by atomic mass is 9.80. The van der Waals surface area contributed by atoms with E-state index in [0.29, 0.717) is 11.1 Å². The lowest BCUT2D eigenvalue weighted by Gasteiger charge is -2.34. The van der Waals surface area contributed by atoms with E-state index in [4.69, 9.17) is 14.2 Å². The molecule has 0 spiro atoms. The normalized spacial score (nSPS) is 43.8. The molecule has 0 aromatic carbocycles. The van der Waals surface area contributed by atoms with Crippen molar-refractivity contribution in [2.24, 2.45) is 5.92 Å². The number of carbonyl (C=O) groups excluding carboxylic acids is 2. The first-order valence-corrected chi connectivity index (χ1v) is 9.04. The molecule has 0 aliphatic carbocycles. The van der Waals surface area contributed by atoms with Crippen molar-refractivity contribution in [3.63, 3.8) is 0 Å². The van der Waals surface area contributed by atoms with Crippen LogP contribution in [0.4, 0.5) is 0 Å². The molecule has 3 aliphatic rings. The number of hydrogen-bond acceptors (Lipinski definition) is 7. The van der Waals surface area contributed by atoms with Crippen molar-refractivity contribution in [1.29, 1.82) is 0 Å². The van der Waals surface area contributed by atoms with E-state index in [-0.39, 0.29) is 18.4 Å². The molecule has 2 fully saturated rings. The van der Waals surface area contributed by atoms with Crippen molar-refractivity contribution in [3.8, 4) is 0 Å². The van der Waals surface area contributed by atoms with Crippen molar-refractivity contribution >= 4 is 11.9 Å². The summed E-state index contributed by atoms with van der Waals surface area (Å²) in [5.74, 6) is -3.39. The molecular weight excluding hydrogens is 352 g/mol. The fraction of sp³-hybridized carbons (Fsp3) is 0.600. The number of carbonyl (C=O) groups is 2. The molecule has 148 valence electrons. The summed E-state index contributed by atoms with van der Waals surface area (Å²) < 4.78 is 17.0. The minimum Gasteiger partial charge on any atom is -0.458 e. The average Bonchev–Trinajstić information content (AvgIpc) is 2.99. The minimum absolute atomic E-state index is 0.0212. The summed E-state index contributed by atoms with van der Waals surface area (Å²) in [6.07, 6.45) is 0.753. The van der Waals surface area contributed by atoms with Gasteiger partial charge < -0.3 is 24.4 Å². The van der Waals surface area contributed by atoms with Crippen LogP contribution in [0.1, 0.15) is 40.5 Å². The molecule has 0 aromatic rings. The first-order chi connectivity index (χ1) is 12.5. The first-order valence-electron chi connectivity index (χ1n) is 9.04. The van der Waals surface area contributed by atoms with Crippen LogP contribution in [0.2, 0.25) is 0 Å². The Bertz CT molecular complexity index is 751. The number of aliphatic hydroxyl groups excluding tert-OH is 1. The minimum atomic E-state index is -1.67. The van der Waals surface area contributed by atoms with Crippen LogP contribution in [0.3, 0.4) is 0 Å². The van der Waals surface area contributed by atoms with E-state index in [9.17, 15) is 19.8 Å². The molecule has 7 heteroatoms. The summed E-state index contributed by atoms with van der Waals surface area (Å²) in [6.45, 7) is 10.5. The lowest BCUT2D eigenvalue weighted by Crippen LogP contribution is -2.44. The van der Waals surface area contributed by atoms with E-state index in [1.165, 1.54) is 0 Å². The predicted molar refractivity (Wildman–Crippen MR) is 95.3 cm³/mol. The van der Waals surface area contributed by atoms with Gasteiger partial charge >= 0.3 is 11.9 Å². The number of esters is 2. The molecular formula is C20H26O7. The van der Waals surface area contributed by atoms with Gasteiger partial charge in [0.25, 0.3) is 0 Å². The van der Waals surface area contributed by atoms with E-state index in [2.05, 4.69) is 6.58 Å². The van der Waals surface area contributed by atoms with E-state index >= 15 is 0 Å². The van der Waals surface area contributed by atoms with Crippen molar-refractivity contribution in [3.05, 3.63) is 35.5 Å². The summed E-state index contributed by atoms with van der Waals surface area (Å²) in [5.41, 5.74) is -0.120. The van der Waals surface area contributed by atoms with Crippen LogP contribution in [0.15, 0.2) is 35.5 Å². The largest absolute Gasteiger partial charge is 0.458 e. The molecule has 3 aliphatic heterocycles. The van der Waals surface area contributed by atoms with Gasteiger partial charge in [-0.1, -0.05) is 12.7 Å². The highest BCUT2D eigenvalue weighted by atomic mass is 16.7. The molecule has 0 saturated carbocycles. The summed E-state index contributed by atoms with van der Waals surface area (Å²) in [6, 6.07) is 0. The van der Waals surface area contributed by atoms with Gasteiger partial charge in [-0.05, 0) is 39.3 Å². The van der Waals surface area contributed by atoms with E-state index in [1.807, 2.05) is 0 Å². The standard InChI is InChI=1S/C20H26O7/c1-6-10(2)17(22)26-14-8-19(5)15(21)9-20(24,27-19)11(3)7-13-16(14)12(4)18(23)25-13/h6-7,13-16,21,24H,4,8-9H2,1-3,5H3/b10-6-,11-7-/t13-,14+,15-,16-,19+,20-/m0/s1. The molecule has 0 unspecified atom stereocenters. The van der Waals surface area contributed by atoms with Crippen LogP contribution in [-0.4, -0.2) is 51.9 Å². The summed E-state index contributed by atoms with van der Waals surface area (Å²) in [4.78, 5) is 24.5. The van der Waals surface area contributed by atoms with Crippen LogP contribution in [-0.2, 0) is 23.8 Å². The van der Waals surface area contributed by atoms with Crippen molar-refractivity contribution in [1.82, 2.24) is 0 Å². The molecule has 2 saturated heterocycles. The Kier molecular flexibility index (Phi) is 4.82. The molecule has 3 rings (SSSR count). The van der Waals surface area contributed by atoms with Gasteiger partial charge in [0.1, 0.15) is 12.2 Å². The topological polar surface area (TPSA) is 102 Å². The lowest BCUT2D eigenvalue weighted by molar-refractivity contribution is -0.208. The number of aliphatic hydroxyl groups is 2. The van der Waals surface area contributed by atoms with Gasteiger partial charge in [0.05, 0.1) is 17.6 Å². The maximum Gasteiger partial charge on any atom is 0.334 e. The highest BCUT2D eigenvalue weighted by Gasteiger charge is 2.58. The van der Waals surface area contributed by atoms with Crippen LogP contribution in [0.25, 0.3) is 0 Å². The number of fused-ring (bicyclic) bond motifs is 3. The van der Waals surface area contributed by atoms with Gasteiger partial charge in [0.15, 0.2) is 5.79 Å². The van der Waals surface area contributed by atoms with Gasteiger partial charge in [-0.3, -0.25) is 0 Å². The summed E-state index contributed by atoms with van der Waals surface area (Å²) >= 11 is 0. The van der Waals surface area contributed by atoms with Crippen molar-refractivity contribution < 1.29 is 34.0 Å². The highest BCUT2D eigenvalue weighted by molar-refractivity contribution is 5.92. The molecule has 2 N–H and O–H groups in total. The molecule has 3 heterocycles. The second kappa shape index (κ2) is 6.58. The van der Waals surface area contributed by atoms with Crippen molar-refractivity contribution in [2.75, 3.05) is 0 Å². The van der Waals surface area contributed by atoms with Gasteiger partial charge in [0, 0.05) is 24.0 Å². The zero-order valence-corrected chi connectivity index (χ0v) is 16.0. The molecule has 0 aromatic heterocycles. The number of rotatable bonds is 2. The van der Waals surface area contributed by atoms with E-state index in [1.54, 1.807) is 39.8 Å². The zero-order valence-electron chi connectivity index (χ0n) is 16.0. The third kappa shape index (κ3) is 3.24. The number of hydrogen-bond donors (Lipinski definition) is 2. The summed E-state index contributed by atoms with van der Waals surface area (Å²) in [7, 11) is 0. The first kappa shape index (κ1) is 19.8. The van der Waals surface area contributed by atoms with Gasteiger partial charge in [-0.15, -0.1) is 0 Å². The highest BCUT2D eigenvalue weighted by Crippen LogP contribution is 2.48. The van der Waals surface area contributed by atoms with Crippen molar-refractivity contribution in [2.45, 2.75) is 70.2 Å². The van der Waals surface area contributed by atoms with E-state index in [0.717, 1.165) is 0 Å². The third-order valence-corrected chi connectivity index (χ3v) is 5.89. The smallest absolute Gasteiger partial charge is 0.334 e. The van der Waals surface area contributed by atoms with Crippen LogP contribution >= 0.6 is 0 Å². The van der Waals surface area contributed by atoms with Crippen LogP contribution < -0.4 is 0 Å². The van der Waals surface area contributed by atoms with Crippen LogP contribution in [0.5, 0.6) is 0 Å². The SMILES string of the molecule is C=C1C(=O)O[C@H]2/C=C(/C)[C@]3(O)C[C@H](O)[C@@](C)(C[C@@H](OC(=O)/C(C)=C\C)[C@@H]12)O3. The van der Waals surface area contributed by atoms with Gasteiger partial charge in [-0.25, -0.2) is 9.59 Å². The quantitative estimate of drug-likeness (QED) is 0.427. The second-order valence-corrected chi connectivity index (χ2v) is 7.81. The van der Waals surface area contributed by atoms with Gasteiger partial charge in [0.2, 0.25) is 0 Å². The molecule has 7 nitrogen and oxygen atoms in total. The monoisotopic (exact) mass is 378 g/mol. The Morgan fingerprint density at radius 1 is 1.44 bits per heavy atom. The molecule has 6 atom stereocenters. The van der Waals surface area contributed by atoms with E-state index < -0.39 is 47.6 Å². The molecule has 0 radical (unpaired) electrons. The van der Waals surface area contributed by atoms with Crippen LogP contribution in [0, 0.1) is 5.92 Å². The fourth-order valence-electron chi connectivity index (χ4n) is 3.94. The maximum atomic E-state index is 12.4. The Labute approximate surface area is 158 Å².